The number of esters is 1. The average molecular weight is 533 g/mol. The minimum atomic E-state index is -0.953. The highest BCUT2D eigenvalue weighted by molar-refractivity contribution is 6.21. The van der Waals surface area contributed by atoms with Gasteiger partial charge in [-0.3, -0.25) is 24.1 Å². The summed E-state index contributed by atoms with van der Waals surface area (Å²) in [5.74, 6) is -1.83. The van der Waals surface area contributed by atoms with Crippen molar-refractivity contribution in [1.82, 2.24) is 9.80 Å². The van der Waals surface area contributed by atoms with Crippen molar-refractivity contribution in [2.24, 2.45) is 17.3 Å². The van der Waals surface area contributed by atoms with E-state index >= 15 is 0 Å². The van der Waals surface area contributed by atoms with E-state index < -0.39 is 22.9 Å². The molecule has 2 aliphatic rings. The fraction of sp³-hybridized carbons (Fsp3) is 0.500. The van der Waals surface area contributed by atoms with Crippen LogP contribution < -0.4 is 0 Å². The van der Waals surface area contributed by atoms with Crippen molar-refractivity contribution < 1.29 is 23.9 Å². The van der Waals surface area contributed by atoms with Gasteiger partial charge in [0.25, 0.3) is 11.8 Å². The first-order chi connectivity index (χ1) is 18.4. The molecule has 3 amide bonds. The van der Waals surface area contributed by atoms with Crippen LogP contribution in [0.5, 0.6) is 0 Å². The van der Waals surface area contributed by atoms with Crippen LogP contribution in [0.15, 0.2) is 54.6 Å². The summed E-state index contributed by atoms with van der Waals surface area (Å²) in [5, 5.41) is 0. The third-order valence-electron chi connectivity index (χ3n) is 7.70. The van der Waals surface area contributed by atoms with Crippen LogP contribution in [0.25, 0.3) is 0 Å². The van der Waals surface area contributed by atoms with E-state index in [2.05, 4.69) is 13.8 Å². The van der Waals surface area contributed by atoms with Crippen molar-refractivity contribution >= 4 is 23.7 Å². The Morgan fingerprint density at radius 3 is 2.08 bits per heavy atom. The maximum Gasteiger partial charge on any atom is 0.310 e. The molecule has 0 bridgehead atoms. The molecular weight excluding hydrogens is 492 g/mol. The number of carbonyl (C=O) groups excluding carboxylic acids is 4. The normalized spacial score (nSPS) is 20.1. The first kappa shape index (κ1) is 28.5. The van der Waals surface area contributed by atoms with E-state index in [9.17, 15) is 19.2 Å². The van der Waals surface area contributed by atoms with E-state index in [1.807, 2.05) is 56.0 Å². The monoisotopic (exact) mass is 532 g/mol. The minimum Gasteiger partial charge on any atom is -0.460 e. The molecule has 0 N–H and O–H groups in total. The SMILES string of the molecule is CC(C)CC1(C(CCN2C(=O)c3ccccc3C2=O)C(=O)OC(C)(C)C)CCN(CCc2ccccc2)C1=O. The Morgan fingerprint density at radius 2 is 1.51 bits per heavy atom. The Labute approximate surface area is 231 Å². The second kappa shape index (κ2) is 11.3. The zero-order valence-electron chi connectivity index (χ0n) is 23.7. The van der Waals surface area contributed by atoms with Crippen LogP contribution in [0.3, 0.4) is 0 Å². The van der Waals surface area contributed by atoms with Crippen LogP contribution in [0.4, 0.5) is 0 Å². The number of hydrogen-bond acceptors (Lipinski definition) is 5. The first-order valence-corrected chi connectivity index (χ1v) is 13.9. The summed E-state index contributed by atoms with van der Waals surface area (Å²) in [6.45, 7) is 10.7. The molecule has 0 aromatic heterocycles. The molecule has 2 heterocycles. The Balaban J connectivity index is 1.60. The van der Waals surface area contributed by atoms with Gasteiger partial charge in [-0.05, 0) is 70.1 Å². The van der Waals surface area contributed by atoms with Gasteiger partial charge >= 0.3 is 5.97 Å². The van der Waals surface area contributed by atoms with Crippen LogP contribution in [-0.4, -0.2) is 58.7 Å². The molecule has 2 aromatic carbocycles. The number of carbonyl (C=O) groups is 4. The molecule has 2 aliphatic heterocycles. The standard InChI is InChI=1S/C32H40N2O5/c1-22(2)21-32(17-20-33(30(32)38)18-15-23-11-7-6-8-12-23)26(29(37)39-31(3,4)5)16-19-34-27(35)24-13-9-10-14-25(24)28(34)36/h6-14,22,26H,15-21H2,1-5H3. The molecular formula is C32H40N2O5. The highest BCUT2D eigenvalue weighted by atomic mass is 16.6. The van der Waals surface area contributed by atoms with Crippen LogP contribution in [0.2, 0.25) is 0 Å². The third-order valence-corrected chi connectivity index (χ3v) is 7.70. The van der Waals surface area contributed by atoms with E-state index in [4.69, 9.17) is 4.74 Å². The Hall–Kier alpha value is -3.48. The molecule has 0 aliphatic carbocycles. The summed E-state index contributed by atoms with van der Waals surface area (Å²) in [7, 11) is 0. The molecule has 0 saturated carbocycles. The fourth-order valence-electron chi connectivity index (χ4n) is 6.06. The number of likely N-dealkylation sites (tertiary alicyclic amines) is 1. The molecule has 39 heavy (non-hydrogen) atoms. The third kappa shape index (κ3) is 6.07. The van der Waals surface area contributed by atoms with Gasteiger partial charge < -0.3 is 9.64 Å². The zero-order valence-corrected chi connectivity index (χ0v) is 23.7. The minimum absolute atomic E-state index is 0.0367. The van der Waals surface area contributed by atoms with Crippen LogP contribution in [0, 0.1) is 17.3 Å². The van der Waals surface area contributed by atoms with E-state index in [-0.39, 0.29) is 36.6 Å². The molecule has 7 nitrogen and oxygen atoms in total. The maximum atomic E-state index is 14.2. The van der Waals surface area contributed by atoms with Crippen molar-refractivity contribution in [3.8, 4) is 0 Å². The Morgan fingerprint density at radius 1 is 0.923 bits per heavy atom. The number of imide groups is 1. The van der Waals surface area contributed by atoms with Gasteiger partial charge in [0.05, 0.1) is 22.5 Å². The number of nitrogens with zero attached hydrogens (tertiary/aromatic N) is 2. The number of amides is 3. The summed E-state index contributed by atoms with van der Waals surface area (Å²) >= 11 is 0. The molecule has 0 spiro atoms. The van der Waals surface area contributed by atoms with E-state index in [0.29, 0.717) is 37.1 Å². The second-order valence-electron chi connectivity index (χ2n) is 12.2. The van der Waals surface area contributed by atoms with E-state index in [1.165, 1.54) is 4.90 Å². The Bertz CT molecular complexity index is 1200. The van der Waals surface area contributed by atoms with Gasteiger partial charge in [-0.1, -0.05) is 56.3 Å². The van der Waals surface area contributed by atoms with E-state index in [0.717, 1.165) is 12.0 Å². The van der Waals surface area contributed by atoms with Crippen molar-refractivity contribution in [3.05, 3.63) is 71.3 Å². The molecule has 2 atom stereocenters. The topological polar surface area (TPSA) is 84.0 Å². The first-order valence-electron chi connectivity index (χ1n) is 13.9. The van der Waals surface area contributed by atoms with Crippen molar-refractivity contribution in [1.29, 1.82) is 0 Å². The Kier molecular flexibility index (Phi) is 8.28. The lowest BCUT2D eigenvalue weighted by Crippen LogP contribution is -2.47. The van der Waals surface area contributed by atoms with Gasteiger partial charge in [-0.25, -0.2) is 0 Å². The number of fused-ring (bicyclic) bond motifs is 1. The summed E-state index contributed by atoms with van der Waals surface area (Å²) in [6.07, 6.45) is 1.96. The van der Waals surface area contributed by atoms with Gasteiger partial charge in [-0.2, -0.15) is 0 Å². The van der Waals surface area contributed by atoms with Crippen LogP contribution in [0.1, 0.15) is 80.2 Å². The lowest BCUT2D eigenvalue weighted by molar-refractivity contribution is -0.169. The van der Waals surface area contributed by atoms with Crippen molar-refractivity contribution in [2.75, 3.05) is 19.6 Å². The highest BCUT2D eigenvalue weighted by Gasteiger charge is 2.55. The number of benzene rings is 2. The average Bonchev–Trinajstić information content (AvgIpc) is 3.31. The predicted molar refractivity (Wildman–Crippen MR) is 149 cm³/mol. The quantitative estimate of drug-likeness (QED) is 0.313. The largest absolute Gasteiger partial charge is 0.460 e. The molecule has 2 aromatic rings. The summed E-state index contributed by atoms with van der Waals surface area (Å²) in [5.41, 5.74) is 0.208. The van der Waals surface area contributed by atoms with Crippen LogP contribution in [-0.2, 0) is 20.7 Å². The summed E-state index contributed by atoms with van der Waals surface area (Å²) < 4.78 is 5.86. The van der Waals surface area contributed by atoms with Crippen molar-refractivity contribution in [3.63, 3.8) is 0 Å². The van der Waals surface area contributed by atoms with Gasteiger partial charge in [0.2, 0.25) is 5.91 Å². The molecule has 4 rings (SSSR count). The van der Waals surface area contributed by atoms with Crippen LogP contribution >= 0.6 is 0 Å². The van der Waals surface area contributed by atoms with Gasteiger partial charge in [0.15, 0.2) is 0 Å². The highest BCUT2D eigenvalue weighted by Crippen LogP contribution is 2.47. The predicted octanol–water partition coefficient (Wildman–Crippen LogP) is 5.14. The lowest BCUT2D eigenvalue weighted by Gasteiger charge is -2.38. The second-order valence-corrected chi connectivity index (χ2v) is 12.2. The number of ether oxygens (including phenoxy) is 1. The number of hydrogen-bond donors (Lipinski definition) is 0. The molecule has 1 fully saturated rings. The fourth-order valence-corrected chi connectivity index (χ4v) is 6.06. The van der Waals surface area contributed by atoms with E-state index in [1.54, 1.807) is 24.3 Å². The molecule has 2 unspecified atom stereocenters. The zero-order chi connectivity index (χ0) is 28.4. The lowest BCUT2D eigenvalue weighted by atomic mass is 9.67. The summed E-state index contributed by atoms with van der Waals surface area (Å²) in [6, 6.07) is 16.8. The maximum absolute atomic E-state index is 14.2. The van der Waals surface area contributed by atoms with Gasteiger partial charge in [-0.15, -0.1) is 0 Å². The molecule has 0 radical (unpaired) electrons. The van der Waals surface area contributed by atoms with Crippen molar-refractivity contribution in [2.45, 2.75) is 65.9 Å². The number of rotatable bonds is 10. The smallest absolute Gasteiger partial charge is 0.310 e. The molecule has 7 heteroatoms. The van der Waals surface area contributed by atoms with Gasteiger partial charge in [0, 0.05) is 19.6 Å². The van der Waals surface area contributed by atoms with Gasteiger partial charge in [0.1, 0.15) is 5.60 Å². The molecule has 208 valence electrons. The summed E-state index contributed by atoms with van der Waals surface area (Å²) in [4.78, 5) is 57.1. The molecule has 1 saturated heterocycles.